The predicted molar refractivity (Wildman–Crippen MR) is 131 cm³/mol. The first-order valence-corrected chi connectivity index (χ1v) is 13.0. The third kappa shape index (κ3) is 4.66. The molecule has 1 aromatic rings. The summed E-state index contributed by atoms with van der Waals surface area (Å²) in [7, 11) is 0. The van der Waals surface area contributed by atoms with Gasteiger partial charge in [-0.2, -0.15) is 0 Å². The predicted octanol–water partition coefficient (Wildman–Crippen LogP) is 4.37. The van der Waals surface area contributed by atoms with E-state index in [2.05, 4.69) is 20.8 Å². The molecule has 3 fully saturated rings. The molecule has 0 radical (unpaired) electrons. The zero-order valence-electron chi connectivity index (χ0n) is 21.4. The lowest BCUT2D eigenvalue weighted by atomic mass is 9.70. The molecule has 2 saturated carbocycles. The second-order valence-corrected chi connectivity index (χ2v) is 11.7. The Morgan fingerprint density at radius 1 is 1.14 bits per heavy atom. The SMILES string of the molecule is CC(CC(=O)CCc1ccc(O)c(O)c1)C(=O)N1CCCC1C(=O)OC1CC2CCC1(C)C2(C)C. The number of benzene rings is 1. The Hall–Kier alpha value is -2.57. The van der Waals surface area contributed by atoms with Crippen molar-refractivity contribution in [2.45, 2.75) is 91.2 Å². The van der Waals surface area contributed by atoms with Gasteiger partial charge in [0.05, 0.1) is 0 Å². The third-order valence-electron chi connectivity index (χ3n) is 9.47. The van der Waals surface area contributed by atoms with E-state index in [4.69, 9.17) is 4.74 Å². The molecular formula is C28H39NO6. The number of hydrogen-bond donors (Lipinski definition) is 2. The first-order chi connectivity index (χ1) is 16.4. The number of hydrogen-bond acceptors (Lipinski definition) is 6. The van der Waals surface area contributed by atoms with Gasteiger partial charge in [0.25, 0.3) is 0 Å². The van der Waals surface area contributed by atoms with Crippen molar-refractivity contribution in [3.8, 4) is 11.5 Å². The molecule has 4 rings (SSSR count). The van der Waals surface area contributed by atoms with Gasteiger partial charge in [0.1, 0.15) is 17.9 Å². The fraction of sp³-hybridized carbons (Fsp3) is 0.679. The van der Waals surface area contributed by atoms with Crippen molar-refractivity contribution < 1.29 is 29.3 Å². The van der Waals surface area contributed by atoms with Crippen LogP contribution in [0, 0.1) is 22.7 Å². The lowest BCUT2D eigenvalue weighted by Gasteiger charge is -2.39. The van der Waals surface area contributed by atoms with E-state index in [1.54, 1.807) is 17.9 Å². The van der Waals surface area contributed by atoms with Crippen molar-refractivity contribution in [3.63, 3.8) is 0 Å². The van der Waals surface area contributed by atoms with E-state index in [-0.39, 0.29) is 58.9 Å². The maximum Gasteiger partial charge on any atom is 0.329 e. The Balaban J connectivity index is 1.30. The van der Waals surface area contributed by atoms with Crippen molar-refractivity contribution in [1.29, 1.82) is 0 Å². The van der Waals surface area contributed by atoms with E-state index in [9.17, 15) is 24.6 Å². The summed E-state index contributed by atoms with van der Waals surface area (Å²) in [6.07, 6.45) is 5.19. The molecule has 7 nitrogen and oxygen atoms in total. The minimum Gasteiger partial charge on any atom is -0.504 e. The third-order valence-corrected chi connectivity index (χ3v) is 9.47. The summed E-state index contributed by atoms with van der Waals surface area (Å²) < 4.78 is 6.08. The number of aryl methyl sites for hydroxylation is 1. The maximum atomic E-state index is 13.2. The molecule has 1 aliphatic heterocycles. The van der Waals surface area contributed by atoms with E-state index in [0.717, 1.165) is 24.8 Å². The van der Waals surface area contributed by atoms with Crippen LogP contribution in [-0.4, -0.2) is 51.5 Å². The molecule has 3 aliphatic rings. The van der Waals surface area contributed by atoms with Crippen LogP contribution in [0.5, 0.6) is 11.5 Å². The highest BCUT2D eigenvalue weighted by atomic mass is 16.5. The lowest BCUT2D eigenvalue weighted by molar-refractivity contribution is -0.165. The number of fused-ring (bicyclic) bond motifs is 2. The van der Waals surface area contributed by atoms with Gasteiger partial charge < -0.3 is 19.8 Å². The van der Waals surface area contributed by atoms with Gasteiger partial charge in [0.15, 0.2) is 11.5 Å². The van der Waals surface area contributed by atoms with Crippen LogP contribution >= 0.6 is 0 Å². The molecule has 0 spiro atoms. The number of ether oxygens (including phenoxy) is 1. The van der Waals surface area contributed by atoms with Gasteiger partial charge in [-0.25, -0.2) is 4.79 Å². The van der Waals surface area contributed by atoms with E-state index in [0.29, 0.717) is 25.3 Å². The first-order valence-electron chi connectivity index (χ1n) is 13.0. The smallest absolute Gasteiger partial charge is 0.329 e. The highest BCUT2D eigenvalue weighted by Crippen LogP contribution is 2.66. The maximum absolute atomic E-state index is 13.2. The van der Waals surface area contributed by atoms with Crippen molar-refractivity contribution >= 4 is 17.7 Å². The van der Waals surface area contributed by atoms with Crippen molar-refractivity contribution in [3.05, 3.63) is 23.8 Å². The summed E-state index contributed by atoms with van der Waals surface area (Å²) in [4.78, 5) is 40.5. The van der Waals surface area contributed by atoms with Crippen LogP contribution < -0.4 is 0 Å². The van der Waals surface area contributed by atoms with Crippen molar-refractivity contribution in [1.82, 2.24) is 4.90 Å². The number of ketones is 1. The number of phenols is 2. The van der Waals surface area contributed by atoms with E-state index in [1.165, 1.54) is 18.6 Å². The molecular weight excluding hydrogens is 446 g/mol. The summed E-state index contributed by atoms with van der Waals surface area (Å²) in [6.45, 7) is 9.06. The van der Waals surface area contributed by atoms with Gasteiger partial charge >= 0.3 is 5.97 Å². The number of amides is 1. The minimum absolute atomic E-state index is 0.0191. The van der Waals surface area contributed by atoms with Crippen LogP contribution in [-0.2, 0) is 25.5 Å². The zero-order chi connectivity index (χ0) is 25.5. The zero-order valence-corrected chi connectivity index (χ0v) is 21.4. The summed E-state index contributed by atoms with van der Waals surface area (Å²) in [5, 5.41) is 19.0. The molecule has 2 N–H and O–H groups in total. The number of phenolic OH excluding ortho intramolecular Hbond substituents is 2. The molecule has 2 aliphatic carbocycles. The van der Waals surface area contributed by atoms with Crippen LogP contribution in [0.3, 0.4) is 0 Å². The number of likely N-dealkylation sites (tertiary alicyclic amines) is 1. The van der Waals surface area contributed by atoms with E-state index in [1.807, 2.05) is 0 Å². The first kappa shape index (κ1) is 25.5. The molecule has 192 valence electrons. The molecule has 35 heavy (non-hydrogen) atoms. The van der Waals surface area contributed by atoms with E-state index >= 15 is 0 Å². The second kappa shape index (κ2) is 9.47. The summed E-state index contributed by atoms with van der Waals surface area (Å²) in [5.74, 6) is -0.861. The average molecular weight is 486 g/mol. The van der Waals surface area contributed by atoms with Crippen molar-refractivity contribution in [2.75, 3.05) is 6.54 Å². The fourth-order valence-electron chi connectivity index (χ4n) is 6.62. The Labute approximate surface area is 207 Å². The normalized spacial score (nSPS) is 29.8. The van der Waals surface area contributed by atoms with Gasteiger partial charge in [0, 0.05) is 30.7 Å². The summed E-state index contributed by atoms with van der Waals surface area (Å²) >= 11 is 0. The summed E-state index contributed by atoms with van der Waals surface area (Å²) in [6, 6.07) is 3.93. The minimum atomic E-state index is -0.564. The summed E-state index contributed by atoms with van der Waals surface area (Å²) in [5.41, 5.74) is 0.874. The van der Waals surface area contributed by atoms with Gasteiger partial charge in [0.2, 0.25) is 5.91 Å². The average Bonchev–Trinajstić information content (AvgIpc) is 3.43. The van der Waals surface area contributed by atoms with Gasteiger partial charge in [-0.1, -0.05) is 33.8 Å². The Kier molecular flexibility index (Phi) is 6.91. The Morgan fingerprint density at radius 2 is 1.89 bits per heavy atom. The Bertz CT molecular complexity index is 1000. The Morgan fingerprint density at radius 3 is 2.51 bits per heavy atom. The number of carbonyl (C=O) groups is 3. The van der Waals surface area contributed by atoms with Crippen LogP contribution in [0.2, 0.25) is 0 Å². The molecule has 0 aromatic heterocycles. The number of Topliss-reactive ketones (excluding diaryl/α,β-unsaturated/α-hetero) is 1. The highest BCUT2D eigenvalue weighted by molar-refractivity contribution is 5.90. The standard InChI is InChI=1S/C28H39NO6/c1-17(14-20(30)9-7-18-8-10-22(31)23(32)15-18)25(33)29-13-5-6-21(29)26(34)35-24-16-19-11-12-28(24,4)27(19,2)3/h8,10,15,17,19,21,24,31-32H,5-7,9,11-14,16H2,1-4H3. The van der Waals surface area contributed by atoms with Crippen LogP contribution in [0.25, 0.3) is 0 Å². The monoisotopic (exact) mass is 485 g/mol. The van der Waals surface area contributed by atoms with E-state index < -0.39 is 12.0 Å². The molecule has 1 aromatic carbocycles. The van der Waals surface area contributed by atoms with Crippen LogP contribution in [0.15, 0.2) is 18.2 Å². The molecule has 1 amide bonds. The fourth-order valence-corrected chi connectivity index (χ4v) is 6.62. The molecule has 5 unspecified atom stereocenters. The molecule has 1 saturated heterocycles. The van der Waals surface area contributed by atoms with Crippen LogP contribution in [0.1, 0.15) is 78.2 Å². The van der Waals surface area contributed by atoms with Crippen molar-refractivity contribution in [2.24, 2.45) is 22.7 Å². The number of nitrogens with zero attached hydrogens (tertiary/aromatic N) is 1. The molecule has 1 heterocycles. The van der Waals surface area contributed by atoms with Gasteiger partial charge in [-0.05, 0) is 67.6 Å². The molecule has 2 bridgehead atoms. The lowest BCUT2D eigenvalue weighted by Crippen LogP contribution is -2.46. The van der Waals surface area contributed by atoms with Gasteiger partial charge in [-0.15, -0.1) is 0 Å². The second-order valence-electron chi connectivity index (χ2n) is 11.7. The number of aromatic hydroxyl groups is 2. The van der Waals surface area contributed by atoms with Crippen LogP contribution in [0.4, 0.5) is 0 Å². The highest BCUT2D eigenvalue weighted by Gasteiger charge is 2.63. The number of esters is 1. The number of rotatable bonds is 8. The largest absolute Gasteiger partial charge is 0.504 e. The molecule has 5 atom stereocenters. The quantitative estimate of drug-likeness (QED) is 0.418. The van der Waals surface area contributed by atoms with Gasteiger partial charge in [-0.3, -0.25) is 9.59 Å². The topological polar surface area (TPSA) is 104 Å². The molecule has 7 heteroatoms. The number of carbonyl (C=O) groups excluding carboxylic acids is 3.